The van der Waals surface area contributed by atoms with Gasteiger partial charge in [0, 0.05) is 19.2 Å². The number of nitrogens with zero attached hydrogens (tertiary/aromatic N) is 2. The molecule has 3 heteroatoms. The smallest absolute Gasteiger partial charge is 0.107 e. The first-order chi connectivity index (χ1) is 9.75. The van der Waals surface area contributed by atoms with E-state index in [4.69, 9.17) is 0 Å². The van der Waals surface area contributed by atoms with E-state index in [0.717, 1.165) is 13.0 Å². The third-order valence-electron chi connectivity index (χ3n) is 3.92. The molecule has 1 aliphatic heterocycles. The Bertz CT molecular complexity index is 287. The molecular weight excluding hydrogens is 248 g/mol. The van der Waals surface area contributed by atoms with Gasteiger partial charge < -0.3 is 5.11 Å². The van der Waals surface area contributed by atoms with Gasteiger partial charge in [-0.25, -0.2) is 0 Å². The van der Waals surface area contributed by atoms with Gasteiger partial charge in [0.05, 0.1) is 0 Å². The van der Waals surface area contributed by atoms with Crippen molar-refractivity contribution in [2.45, 2.75) is 84.0 Å². The molecular formula is C17H32N2O. The maximum absolute atomic E-state index is 9.61. The van der Waals surface area contributed by atoms with Crippen LogP contribution in [-0.4, -0.2) is 35.2 Å². The zero-order valence-corrected chi connectivity index (χ0v) is 13.3. The quantitative estimate of drug-likeness (QED) is 0.456. The predicted molar refractivity (Wildman–Crippen MR) is 87.0 cm³/mol. The van der Waals surface area contributed by atoms with Crippen molar-refractivity contribution in [3.63, 3.8) is 0 Å². The molecule has 0 aliphatic carbocycles. The minimum Gasteiger partial charge on any atom is -0.379 e. The summed E-state index contributed by atoms with van der Waals surface area (Å²) in [7, 11) is 0. The number of aliphatic imine (C=N–C) groups is 1. The summed E-state index contributed by atoms with van der Waals surface area (Å²) in [4.78, 5) is 6.42. The molecule has 0 saturated heterocycles. The summed E-state index contributed by atoms with van der Waals surface area (Å²) in [5.74, 6) is 0. The fourth-order valence-electron chi connectivity index (χ4n) is 2.62. The van der Waals surface area contributed by atoms with Crippen LogP contribution in [0.5, 0.6) is 0 Å². The highest BCUT2D eigenvalue weighted by molar-refractivity contribution is 5.62. The first kappa shape index (κ1) is 17.4. The Labute approximate surface area is 124 Å². The predicted octanol–water partition coefficient (Wildman–Crippen LogP) is 4.12. The van der Waals surface area contributed by atoms with Gasteiger partial charge in [0.2, 0.25) is 0 Å². The molecule has 3 nitrogen and oxygen atoms in total. The first-order valence-electron chi connectivity index (χ1n) is 8.36. The van der Waals surface area contributed by atoms with Crippen LogP contribution in [0.2, 0.25) is 0 Å². The average molecular weight is 280 g/mol. The average Bonchev–Trinajstić information content (AvgIpc) is 2.89. The lowest BCUT2D eigenvalue weighted by Gasteiger charge is -2.24. The van der Waals surface area contributed by atoms with Gasteiger partial charge >= 0.3 is 0 Å². The van der Waals surface area contributed by atoms with Gasteiger partial charge in [-0.3, -0.25) is 9.89 Å². The van der Waals surface area contributed by atoms with Crippen LogP contribution >= 0.6 is 0 Å². The Morgan fingerprint density at radius 2 is 1.90 bits per heavy atom. The zero-order valence-electron chi connectivity index (χ0n) is 13.3. The Hall–Kier alpha value is -0.670. The van der Waals surface area contributed by atoms with Crippen LogP contribution in [0.25, 0.3) is 0 Å². The van der Waals surface area contributed by atoms with E-state index in [-0.39, 0.29) is 6.17 Å². The molecule has 20 heavy (non-hydrogen) atoms. The lowest BCUT2D eigenvalue weighted by atomic mass is 10.1. The van der Waals surface area contributed by atoms with Gasteiger partial charge in [0.15, 0.2) is 0 Å². The van der Waals surface area contributed by atoms with Crippen molar-refractivity contribution < 1.29 is 5.11 Å². The normalized spacial score (nSPS) is 21.1. The highest BCUT2D eigenvalue weighted by Crippen LogP contribution is 2.14. The Kier molecular flexibility index (Phi) is 9.60. The zero-order chi connectivity index (χ0) is 14.6. The third-order valence-corrected chi connectivity index (χ3v) is 3.92. The highest BCUT2D eigenvalue weighted by atomic mass is 16.3. The summed E-state index contributed by atoms with van der Waals surface area (Å²) in [5, 5.41) is 9.61. The molecule has 0 radical (unpaired) electrons. The molecule has 116 valence electrons. The largest absolute Gasteiger partial charge is 0.379 e. The van der Waals surface area contributed by atoms with Crippen LogP contribution in [0.4, 0.5) is 0 Å². The summed E-state index contributed by atoms with van der Waals surface area (Å²) in [6, 6.07) is 0. The molecule has 1 aliphatic rings. The van der Waals surface area contributed by atoms with E-state index >= 15 is 0 Å². The summed E-state index contributed by atoms with van der Waals surface area (Å²) >= 11 is 0. The first-order valence-corrected chi connectivity index (χ1v) is 8.36. The number of rotatable bonds is 11. The van der Waals surface area contributed by atoms with Gasteiger partial charge in [-0.05, 0) is 19.8 Å². The number of unbranched alkanes of at least 4 members (excludes halogenated alkanes) is 7. The molecule has 0 spiro atoms. The molecule has 0 bridgehead atoms. The summed E-state index contributed by atoms with van der Waals surface area (Å²) in [6.45, 7) is 4.84. The van der Waals surface area contributed by atoms with Crippen LogP contribution in [0.3, 0.4) is 0 Å². The number of hydrogen-bond acceptors (Lipinski definition) is 3. The fourth-order valence-corrected chi connectivity index (χ4v) is 2.62. The second-order valence-electron chi connectivity index (χ2n) is 5.76. The van der Waals surface area contributed by atoms with E-state index in [1.807, 2.05) is 18.0 Å². The van der Waals surface area contributed by atoms with Gasteiger partial charge in [0.25, 0.3) is 0 Å². The highest BCUT2D eigenvalue weighted by Gasteiger charge is 2.22. The molecule has 0 aromatic rings. The van der Waals surface area contributed by atoms with E-state index in [1.165, 1.54) is 51.4 Å². The molecule has 1 N–H and O–H groups in total. The molecule has 0 aromatic carbocycles. The molecule has 0 saturated carbocycles. The second-order valence-corrected chi connectivity index (χ2v) is 5.76. The van der Waals surface area contributed by atoms with Crippen molar-refractivity contribution in [3.8, 4) is 0 Å². The van der Waals surface area contributed by atoms with Crippen molar-refractivity contribution in [2.75, 3.05) is 6.54 Å². The molecule has 0 fully saturated rings. The Balaban J connectivity index is 1.98. The summed E-state index contributed by atoms with van der Waals surface area (Å²) in [5.41, 5.74) is 0. The van der Waals surface area contributed by atoms with E-state index in [2.05, 4.69) is 24.1 Å². The van der Waals surface area contributed by atoms with Crippen LogP contribution in [-0.2, 0) is 0 Å². The van der Waals surface area contributed by atoms with Crippen molar-refractivity contribution in [1.29, 1.82) is 0 Å². The minimum atomic E-state index is -0.404. The van der Waals surface area contributed by atoms with Gasteiger partial charge in [-0.2, -0.15) is 0 Å². The number of aliphatic hydroxyl groups is 1. The second kappa shape index (κ2) is 11.0. The van der Waals surface area contributed by atoms with Gasteiger partial charge in [0.1, 0.15) is 12.4 Å². The number of aliphatic hydroxyl groups excluding tert-OH is 1. The van der Waals surface area contributed by atoms with E-state index < -0.39 is 6.23 Å². The SMILES string of the molecule is CCCCCCCCC/C=C/CC1N=CCN1C(C)O. The van der Waals surface area contributed by atoms with Crippen molar-refractivity contribution in [1.82, 2.24) is 4.90 Å². The standard InChI is InChI=1S/C17H32N2O/c1-3-4-5-6-7-8-9-10-11-12-13-17-18-14-15-19(17)16(2)20/h11-12,14,16-17,20H,3-10,13,15H2,1-2H3/b12-11+. The lowest BCUT2D eigenvalue weighted by molar-refractivity contribution is 0.0106. The fraction of sp³-hybridized carbons (Fsp3) is 0.824. The maximum Gasteiger partial charge on any atom is 0.107 e. The van der Waals surface area contributed by atoms with Crippen molar-refractivity contribution in [2.24, 2.45) is 4.99 Å². The summed E-state index contributed by atoms with van der Waals surface area (Å²) in [6.07, 6.45) is 17.8. The van der Waals surface area contributed by atoms with Gasteiger partial charge in [-0.1, -0.05) is 57.6 Å². The molecule has 1 heterocycles. The van der Waals surface area contributed by atoms with Crippen LogP contribution in [0.15, 0.2) is 17.1 Å². The molecule has 0 aromatic heterocycles. The maximum atomic E-state index is 9.61. The Morgan fingerprint density at radius 3 is 2.60 bits per heavy atom. The molecule has 2 atom stereocenters. The van der Waals surface area contributed by atoms with Crippen molar-refractivity contribution in [3.05, 3.63) is 12.2 Å². The van der Waals surface area contributed by atoms with E-state index in [0.29, 0.717) is 0 Å². The molecule has 1 rings (SSSR count). The van der Waals surface area contributed by atoms with E-state index in [1.54, 1.807) is 0 Å². The number of allylic oxidation sites excluding steroid dienone is 1. The van der Waals surface area contributed by atoms with Crippen LogP contribution in [0, 0.1) is 0 Å². The summed E-state index contributed by atoms with van der Waals surface area (Å²) < 4.78 is 0. The minimum absolute atomic E-state index is 0.139. The van der Waals surface area contributed by atoms with Crippen LogP contribution in [0.1, 0.15) is 71.6 Å². The molecule has 0 amide bonds. The number of hydrogen-bond donors (Lipinski definition) is 1. The topological polar surface area (TPSA) is 35.8 Å². The van der Waals surface area contributed by atoms with Crippen molar-refractivity contribution >= 4 is 6.21 Å². The monoisotopic (exact) mass is 280 g/mol. The van der Waals surface area contributed by atoms with E-state index in [9.17, 15) is 5.11 Å². The van der Waals surface area contributed by atoms with Gasteiger partial charge in [-0.15, -0.1) is 0 Å². The lowest BCUT2D eigenvalue weighted by Crippen LogP contribution is -2.37. The Morgan fingerprint density at radius 1 is 1.20 bits per heavy atom. The molecule has 2 unspecified atom stereocenters. The third kappa shape index (κ3) is 7.20. The van der Waals surface area contributed by atoms with Crippen LogP contribution < -0.4 is 0 Å².